The predicted molar refractivity (Wildman–Crippen MR) is 155 cm³/mol. The van der Waals surface area contributed by atoms with Gasteiger partial charge in [-0.3, -0.25) is 15.0 Å². The number of nitrogens with zero attached hydrogens (tertiary/aromatic N) is 2. The van der Waals surface area contributed by atoms with Crippen molar-refractivity contribution in [1.82, 2.24) is 4.90 Å². The summed E-state index contributed by atoms with van der Waals surface area (Å²) in [6, 6.07) is 30.3. The highest BCUT2D eigenvalue weighted by atomic mass is 28.4. The Morgan fingerprint density at radius 1 is 0.895 bits per heavy atom. The van der Waals surface area contributed by atoms with E-state index in [2.05, 4.69) is 86.9 Å². The molecule has 3 aromatic rings. The molecule has 0 bridgehead atoms. The molecule has 0 aromatic heterocycles. The van der Waals surface area contributed by atoms with Gasteiger partial charge in [-0.15, -0.1) is 0 Å². The van der Waals surface area contributed by atoms with Crippen molar-refractivity contribution in [2.45, 2.75) is 76.0 Å². The van der Waals surface area contributed by atoms with Crippen LogP contribution >= 0.6 is 0 Å². The quantitative estimate of drug-likeness (QED) is 0.178. The van der Waals surface area contributed by atoms with E-state index in [0.717, 1.165) is 36.1 Å². The van der Waals surface area contributed by atoms with Crippen molar-refractivity contribution in [1.29, 1.82) is 0 Å². The molecule has 4 atom stereocenters. The van der Waals surface area contributed by atoms with E-state index >= 15 is 0 Å². The first-order chi connectivity index (χ1) is 18.1. The van der Waals surface area contributed by atoms with Crippen molar-refractivity contribution in [2.24, 2.45) is 5.41 Å². The van der Waals surface area contributed by atoms with Crippen LogP contribution in [0.25, 0.3) is 0 Å². The topological polar surface area (TPSA) is 55.6 Å². The van der Waals surface area contributed by atoms with Crippen molar-refractivity contribution >= 4 is 8.32 Å². The van der Waals surface area contributed by atoms with Gasteiger partial charge in [0.25, 0.3) is 0 Å². The molecule has 38 heavy (non-hydrogen) atoms. The standard InChI is InChI=1S/C32H40N2O3Si/c1-31(2)28(24-16-9-6-10-17-24)29(34(35)36)30(31)33-23-15-22-27(33)32(37-38(3,4)5,25-18-11-7-12-19-25)26-20-13-8-14-21-26/h6-14,16-21,27-30H,15,22-23H2,1-5H3/t27-,28-,29-,30?/m0/s1. The van der Waals surface area contributed by atoms with E-state index in [0.29, 0.717) is 0 Å². The van der Waals surface area contributed by atoms with Crippen LogP contribution in [0.15, 0.2) is 91.0 Å². The van der Waals surface area contributed by atoms with E-state index in [1.165, 1.54) is 0 Å². The van der Waals surface area contributed by atoms with Crippen molar-refractivity contribution < 1.29 is 9.35 Å². The first-order valence-corrected chi connectivity index (χ1v) is 17.2. The number of nitro groups is 1. The highest BCUT2D eigenvalue weighted by Crippen LogP contribution is 2.59. The van der Waals surface area contributed by atoms with Gasteiger partial charge in [0.2, 0.25) is 6.04 Å². The van der Waals surface area contributed by atoms with Crippen LogP contribution in [-0.4, -0.2) is 42.8 Å². The summed E-state index contributed by atoms with van der Waals surface area (Å²) < 4.78 is 7.33. The lowest BCUT2D eigenvalue weighted by molar-refractivity contribution is -0.563. The summed E-state index contributed by atoms with van der Waals surface area (Å²) in [7, 11) is -2.08. The van der Waals surface area contributed by atoms with Gasteiger partial charge in [0.05, 0.1) is 12.0 Å². The zero-order chi connectivity index (χ0) is 27.1. The van der Waals surface area contributed by atoms with Crippen LogP contribution in [0.1, 0.15) is 49.3 Å². The van der Waals surface area contributed by atoms with E-state index in [4.69, 9.17) is 4.43 Å². The summed E-state index contributed by atoms with van der Waals surface area (Å²) >= 11 is 0. The number of hydrogen-bond donors (Lipinski definition) is 0. The molecule has 0 spiro atoms. The molecule has 0 amide bonds. The normalized spacial score (nSPS) is 25.6. The Morgan fingerprint density at radius 2 is 1.39 bits per heavy atom. The third kappa shape index (κ3) is 4.53. The van der Waals surface area contributed by atoms with Crippen molar-refractivity contribution in [3.8, 4) is 0 Å². The molecule has 1 saturated carbocycles. The molecule has 1 heterocycles. The van der Waals surface area contributed by atoms with E-state index in [9.17, 15) is 10.1 Å². The molecule has 5 nitrogen and oxygen atoms in total. The molecule has 1 saturated heterocycles. The minimum absolute atomic E-state index is 0.0116. The van der Waals surface area contributed by atoms with Crippen LogP contribution in [0.2, 0.25) is 19.6 Å². The summed E-state index contributed by atoms with van der Waals surface area (Å²) in [5, 5.41) is 12.7. The lowest BCUT2D eigenvalue weighted by atomic mass is 9.52. The average Bonchev–Trinajstić information content (AvgIpc) is 3.36. The number of benzene rings is 3. The number of hydrogen-bond acceptors (Lipinski definition) is 4. The molecule has 6 heteroatoms. The van der Waals surface area contributed by atoms with Gasteiger partial charge in [-0.05, 0) is 55.7 Å². The second-order valence-electron chi connectivity index (χ2n) is 12.5. The lowest BCUT2D eigenvalue weighted by Crippen LogP contribution is -2.72. The monoisotopic (exact) mass is 528 g/mol. The van der Waals surface area contributed by atoms with E-state index in [1.54, 1.807) is 0 Å². The van der Waals surface area contributed by atoms with Gasteiger partial charge in [0.1, 0.15) is 5.60 Å². The Balaban J connectivity index is 1.66. The second kappa shape index (κ2) is 10.1. The number of likely N-dealkylation sites (tertiary alicyclic amines) is 1. The van der Waals surface area contributed by atoms with Crippen LogP contribution in [0.5, 0.6) is 0 Å². The molecule has 2 fully saturated rings. The minimum Gasteiger partial charge on any atom is -0.403 e. The zero-order valence-electron chi connectivity index (χ0n) is 23.2. The fraction of sp³-hybridized carbons (Fsp3) is 0.438. The number of rotatable bonds is 8. The first-order valence-electron chi connectivity index (χ1n) is 13.8. The second-order valence-corrected chi connectivity index (χ2v) is 16.9. The Kier molecular flexibility index (Phi) is 7.09. The fourth-order valence-corrected chi connectivity index (χ4v) is 8.76. The van der Waals surface area contributed by atoms with Gasteiger partial charge < -0.3 is 4.43 Å². The molecule has 3 aromatic carbocycles. The third-order valence-corrected chi connectivity index (χ3v) is 9.56. The van der Waals surface area contributed by atoms with Crippen LogP contribution in [-0.2, 0) is 10.0 Å². The smallest absolute Gasteiger partial charge is 0.236 e. The molecular weight excluding hydrogens is 488 g/mol. The fourth-order valence-electron chi connectivity index (χ4n) is 7.43. The molecule has 5 rings (SSSR count). The molecule has 200 valence electrons. The Hall–Kier alpha value is -2.80. The van der Waals surface area contributed by atoms with Gasteiger partial charge >= 0.3 is 0 Å². The SMILES string of the molecule is CC1(C)C(N2CCC[C@H]2C(O[Si](C)(C)C)(c2ccccc2)c2ccccc2)[C@@H]([N+](=O)[O-])[C@@H]1c1ccccc1. The highest BCUT2D eigenvalue weighted by molar-refractivity contribution is 6.69. The zero-order valence-corrected chi connectivity index (χ0v) is 24.2. The first kappa shape index (κ1) is 26.8. The molecule has 2 aliphatic rings. The Bertz CT molecular complexity index is 1200. The van der Waals surface area contributed by atoms with Crippen molar-refractivity contribution in [2.75, 3.05) is 6.54 Å². The van der Waals surface area contributed by atoms with Crippen LogP contribution < -0.4 is 0 Å². The summed E-state index contributed by atoms with van der Waals surface area (Å²) in [5.74, 6) is -0.134. The molecule has 1 aliphatic heterocycles. The molecule has 1 unspecified atom stereocenters. The molecule has 0 radical (unpaired) electrons. The maximum Gasteiger partial charge on any atom is 0.236 e. The van der Waals surface area contributed by atoms with E-state index in [-0.39, 0.29) is 28.3 Å². The highest BCUT2D eigenvalue weighted by Gasteiger charge is 2.68. The summed E-state index contributed by atoms with van der Waals surface area (Å²) in [5.41, 5.74) is 2.33. The van der Waals surface area contributed by atoms with E-state index < -0.39 is 20.0 Å². The molecule has 0 N–H and O–H groups in total. The summed E-state index contributed by atoms with van der Waals surface area (Å²) in [4.78, 5) is 15.1. The third-order valence-electron chi connectivity index (χ3n) is 8.62. The van der Waals surface area contributed by atoms with Gasteiger partial charge in [0.15, 0.2) is 8.32 Å². The van der Waals surface area contributed by atoms with Crippen molar-refractivity contribution in [3.05, 3.63) is 118 Å². The van der Waals surface area contributed by atoms with Gasteiger partial charge in [-0.2, -0.15) is 0 Å². The molecular formula is C32H40N2O3Si. The maximum absolute atomic E-state index is 12.7. The Morgan fingerprint density at radius 3 is 1.87 bits per heavy atom. The summed E-state index contributed by atoms with van der Waals surface area (Å²) in [6.45, 7) is 12.0. The largest absolute Gasteiger partial charge is 0.403 e. The van der Waals surface area contributed by atoms with Crippen LogP contribution in [0, 0.1) is 15.5 Å². The lowest BCUT2D eigenvalue weighted by Gasteiger charge is -2.59. The van der Waals surface area contributed by atoms with Crippen molar-refractivity contribution in [3.63, 3.8) is 0 Å². The van der Waals surface area contributed by atoms with Gasteiger partial charge in [-0.1, -0.05) is 105 Å². The van der Waals surface area contributed by atoms with Gasteiger partial charge in [0, 0.05) is 16.4 Å². The van der Waals surface area contributed by atoms with Gasteiger partial charge in [-0.25, -0.2) is 0 Å². The molecule has 1 aliphatic carbocycles. The van der Waals surface area contributed by atoms with Crippen LogP contribution in [0.3, 0.4) is 0 Å². The average molecular weight is 529 g/mol. The van der Waals surface area contributed by atoms with E-state index in [1.807, 2.05) is 42.5 Å². The predicted octanol–water partition coefficient (Wildman–Crippen LogP) is 7.08. The Labute approximate surface area is 228 Å². The van der Waals surface area contributed by atoms with Crippen LogP contribution in [0.4, 0.5) is 0 Å². The minimum atomic E-state index is -2.08. The maximum atomic E-state index is 12.7. The summed E-state index contributed by atoms with van der Waals surface area (Å²) in [6.07, 6.45) is 1.93.